The molecule has 1 fully saturated rings. The summed E-state index contributed by atoms with van der Waals surface area (Å²) < 4.78 is 43.8. The number of hydrogen-bond donors (Lipinski definition) is 1. The molecule has 1 aliphatic rings. The Balaban J connectivity index is 1.10. The molecule has 0 saturated carbocycles. The van der Waals surface area contributed by atoms with E-state index >= 15 is 0 Å². The molecule has 2 aromatic carbocycles. The molecule has 0 bridgehead atoms. The molecular formula is C27H24F3N9O. The third kappa shape index (κ3) is 4.85. The van der Waals surface area contributed by atoms with Gasteiger partial charge in [-0.05, 0) is 54.7 Å². The Labute approximate surface area is 226 Å². The van der Waals surface area contributed by atoms with Crippen molar-refractivity contribution >= 4 is 22.9 Å². The third-order valence-corrected chi connectivity index (χ3v) is 7.17. The average molecular weight is 548 g/mol. The van der Waals surface area contributed by atoms with E-state index in [9.17, 15) is 18.0 Å². The number of anilines is 1. The summed E-state index contributed by atoms with van der Waals surface area (Å²) in [4.78, 5) is 27.2. The van der Waals surface area contributed by atoms with Gasteiger partial charge in [-0.3, -0.25) is 4.79 Å². The quantitative estimate of drug-likeness (QED) is 0.352. The molecule has 2 N–H and O–H groups in total. The number of carbonyl (C=O) groups is 1. The molecule has 1 saturated heterocycles. The van der Waals surface area contributed by atoms with Crippen molar-refractivity contribution in [2.24, 2.45) is 0 Å². The highest BCUT2D eigenvalue weighted by Gasteiger charge is 2.36. The van der Waals surface area contributed by atoms with Crippen LogP contribution in [0.15, 0.2) is 67.4 Å². The summed E-state index contributed by atoms with van der Waals surface area (Å²) in [6.45, 7) is 1.17. The lowest BCUT2D eigenvalue weighted by Gasteiger charge is -2.33. The highest BCUT2D eigenvalue weighted by molar-refractivity contribution is 5.94. The van der Waals surface area contributed by atoms with Crippen molar-refractivity contribution in [2.75, 3.05) is 18.8 Å². The van der Waals surface area contributed by atoms with Crippen LogP contribution in [0.5, 0.6) is 0 Å². The Bertz CT molecular complexity index is 1670. The van der Waals surface area contributed by atoms with Crippen LogP contribution in [-0.4, -0.2) is 58.4 Å². The summed E-state index contributed by atoms with van der Waals surface area (Å²) in [6.07, 6.45) is 1.33. The van der Waals surface area contributed by atoms with E-state index in [0.29, 0.717) is 66.3 Å². The monoisotopic (exact) mass is 547 g/mol. The number of piperidine rings is 1. The molecule has 1 aliphatic heterocycles. The van der Waals surface area contributed by atoms with E-state index in [1.54, 1.807) is 63.1 Å². The number of fused-ring (bicyclic) bond motifs is 1. The van der Waals surface area contributed by atoms with Gasteiger partial charge in [-0.25, -0.2) is 19.6 Å². The van der Waals surface area contributed by atoms with Gasteiger partial charge < -0.3 is 15.2 Å². The number of rotatable bonds is 5. The van der Waals surface area contributed by atoms with E-state index in [1.807, 2.05) is 0 Å². The molecule has 0 atom stereocenters. The Kier molecular flexibility index (Phi) is 6.40. The molecule has 0 aliphatic carbocycles. The second-order valence-corrected chi connectivity index (χ2v) is 9.66. The lowest BCUT2D eigenvalue weighted by atomic mass is 9.86. The number of nitrogen functional groups attached to an aromatic ring is 1. The van der Waals surface area contributed by atoms with Crippen LogP contribution in [0, 0.1) is 0 Å². The number of halogens is 3. The molecule has 0 unspecified atom stereocenters. The lowest BCUT2D eigenvalue weighted by Crippen LogP contribution is -2.38. The maximum Gasteiger partial charge on any atom is 0.416 e. The number of likely N-dealkylation sites (tertiary alicyclic amines) is 1. The fraction of sp³-hybridized carbons (Fsp3) is 0.259. The van der Waals surface area contributed by atoms with E-state index in [1.165, 1.54) is 12.4 Å². The van der Waals surface area contributed by atoms with Crippen LogP contribution >= 0.6 is 0 Å². The normalized spacial score (nSPS) is 14.6. The molecule has 5 aromatic rings. The zero-order valence-electron chi connectivity index (χ0n) is 21.2. The number of alkyl halides is 3. The largest absolute Gasteiger partial charge is 0.416 e. The minimum absolute atomic E-state index is 0.151. The predicted octanol–water partition coefficient (Wildman–Crippen LogP) is 4.08. The van der Waals surface area contributed by atoms with Gasteiger partial charge in [-0.2, -0.15) is 13.2 Å². The van der Waals surface area contributed by atoms with Crippen molar-refractivity contribution in [3.63, 3.8) is 0 Å². The fourth-order valence-corrected chi connectivity index (χ4v) is 5.13. The summed E-state index contributed by atoms with van der Waals surface area (Å²) in [6, 6.07) is 12.7. The van der Waals surface area contributed by atoms with Gasteiger partial charge in [0, 0.05) is 18.7 Å². The topological polar surface area (TPSA) is 121 Å². The summed E-state index contributed by atoms with van der Waals surface area (Å²) in [7, 11) is 0. The van der Waals surface area contributed by atoms with Gasteiger partial charge in [-0.15, -0.1) is 5.10 Å². The van der Waals surface area contributed by atoms with Gasteiger partial charge in [0.25, 0.3) is 5.91 Å². The summed E-state index contributed by atoms with van der Waals surface area (Å²) in [5, 5.41) is 8.42. The molecule has 10 nitrogen and oxygen atoms in total. The molecule has 6 rings (SSSR count). The SMILES string of the molecule is Nc1ncnc2c1ncn2Cc1cn(-c2ccc(C(=O)N3CCC(c4ccccc4C(F)(F)F)CC3)cc2)nn1. The number of amides is 1. The Morgan fingerprint density at radius 3 is 2.50 bits per heavy atom. The maximum absolute atomic E-state index is 13.5. The van der Waals surface area contributed by atoms with Crippen LogP contribution in [-0.2, 0) is 12.7 Å². The van der Waals surface area contributed by atoms with E-state index in [4.69, 9.17) is 5.73 Å². The first-order valence-electron chi connectivity index (χ1n) is 12.7. The van der Waals surface area contributed by atoms with Gasteiger partial charge in [0.05, 0.1) is 30.3 Å². The van der Waals surface area contributed by atoms with Crippen molar-refractivity contribution in [1.29, 1.82) is 0 Å². The summed E-state index contributed by atoms with van der Waals surface area (Å²) in [5.41, 5.74) is 8.57. The molecule has 3 aromatic heterocycles. The van der Waals surface area contributed by atoms with E-state index in [2.05, 4.69) is 25.3 Å². The summed E-state index contributed by atoms with van der Waals surface area (Å²) in [5.74, 6) is -0.0873. The first-order chi connectivity index (χ1) is 19.3. The highest BCUT2D eigenvalue weighted by Crippen LogP contribution is 2.38. The average Bonchev–Trinajstić information content (AvgIpc) is 3.61. The molecule has 0 radical (unpaired) electrons. The molecular weight excluding hydrogens is 523 g/mol. The minimum Gasteiger partial charge on any atom is -0.382 e. The Hall–Kier alpha value is -4.81. The van der Waals surface area contributed by atoms with Gasteiger partial charge in [0.15, 0.2) is 11.5 Å². The van der Waals surface area contributed by atoms with Crippen LogP contribution in [0.4, 0.5) is 19.0 Å². The minimum atomic E-state index is -4.40. The Morgan fingerprint density at radius 2 is 1.75 bits per heavy atom. The number of hydrogen-bond acceptors (Lipinski definition) is 7. The van der Waals surface area contributed by atoms with Crippen molar-refractivity contribution in [3.8, 4) is 5.69 Å². The van der Waals surface area contributed by atoms with Crippen molar-refractivity contribution in [2.45, 2.75) is 31.5 Å². The number of nitrogens with zero attached hydrogens (tertiary/aromatic N) is 8. The first kappa shape index (κ1) is 25.5. The molecule has 40 heavy (non-hydrogen) atoms. The fourth-order valence-electron chi connectivity index (χ4n) is 5.13. The molecule has 4 heterocycles. The highest BCUT2D eigenvalue weighted by atomic mass is 19.4. The van der Waals surface area contributed by atoms with Crippen LogP contribution < -0.4 is 5.73 Å². The molecule has 0 spiro atoms. The smallest absolute Gasteiger partial charge is 0.382 e. The predicted molar refractivity (Wildman–Crippen MR) is 140 cm³/mol. The number of nitrogens with two attached hydrogens (primary N) is 1. The number of carbonyl (C=O) groups excluding carboxylic acids is 1. The van der Waals surface area contributed by atoms with Crippen LogP contribution in [0.3, 0.4) is 0 Å². The van der Waals surface area contributed by atoms with Crippen LogP contribution in [0.1, 0.15) is 45.9 Å². The van der Waals surface area contributed by atoms with Gasteiger partial charge >= 0.3 is 6.18 Å². The summed E-state index contributed by atoms with van der Waals surface area (Å²) >= 11 is 0. The lowest BCUT2D eigenvalue weighted by molar-refractivity contribution is -0.138. The van der Waals surface area contributed by atoms with E-state index < -0.39 is 11.7 Å². The zero-order valence-corrected chi connectivity index (χ0v) is 21.2. The number of aromatic nitrogens is 7. The maximum atomic E-state index is 13.5. The van der Waals surface area contributed by atoms with Crippen LogP contribution in [0.25, 0.3) is 16.9 Å². The van der Waals surface area contributed by atoms with Crippen LogP contribution in [0.2, 0.25) is 0 Å². The molecule has 13 heteroatoms. The molecule has 1 amide bonds. The van der Waals surface area contributed by atoms with E-state index in [-0.39, 0.29) is 11.8 Å². The van der Waals surface area contributed by atoms with Crippen molar-refractivity contribution in [1.82, 2.24) is 39.4 Å². The van der Waals surface area contributed by atoms with Crippen molar-refractivity contribution < 1.29 is 18.0 Å². The third-order valence-electron chi connectivity index (χ3n) is 7.17. The number of benzene rings is 2. The van der Waals surface area contributed by atoms with Gasteiger partial charge in [-0.1, -0.05) is 23.4 Å². The second-order valence-electron chi connectivity index (χ2n) is 9.66. The second kappa shape index (κ2) is 10.1. The van der Waals surface area contributed by atoms with E-state index in [0.717, 1.165) is 11.8 Å². The van der Waals surface area contributed by atoms with Crippen molar-refractivity contribution in [3.05, 3.63) is 89.8 Å². The standard InChI is InChI=1S/C27H24F3N9O/c28-27(29,30)22-4-2-1-3-21(22)17-9-11-37(12-10-17)26(40)18-5-7-20(8-6-18)39-14-19(35-36-39)13-38-16-34-23-24(31)32-15-33-25(23)38/h1-8,14-17H,9-13H2,(H2,31,32,33). The first-order valence-corrected chi connectivity index (χ1v) is 12.7. The molecule has 204 valence electrons. The Morgan fingerprint density at radius 1 is 1.00 bits per heavy atom. The van der Waals surface area contributed by atoms with Gasteiger partial charge in [0.2, 0.25) is 0 Å². The van der Waals surface area contributed by atoms with Gasteiger partial charge in [0.1, 0.15) is 17.5 Å². The number of imidazole rings is 1. The zero-order chi connectivity index (χ0) is 27.9.